The molecule has 3 heteroatoms. The molecule has 0 N–H and O–H groups in total. The van der Waals surface area contributed by atoms with E-state index in [9.17, 15) is 5.26 Å². The van der Waals surface area contributed by atoms with Crippen LogP contribution in [-0.4, -0.2) is 14.2 Å². The smallest absolute Gasteiger partial charge is 0.161 e. The van der Waals surface area contributed by atoms with E-state index in [1.165, 1.54) is 32.4 Å². The van der Waals surface area contributed by atoms with Crippen molar-refractivity contribution < 1.29 is 19.1 Å². The van der Waals surface area contributed by atoms with Gasteiger partial charge in [-0.05, 0) is 23.6 Å². The number of hydrogen-bond donors (Lipinski definition) is 0. The maximum atomic E-state index is 9.39. The van der Waals surface area contributed by atoms with Crippen molar-refractivity contribution >= 4 is 0 Å². The van der Waals surface area contributed by atoms with Crippen LogP contribution < -0.4 is 9.47 Å². The fourth-order valence-corrected chi connectivity index (χ4v) is 1.34. The zero-order valence-corrected chi connectivity index (χ0v) is 9.07. The average Bonchev–Trinajstić information content (AvgIpc) is 2.45. The van der Waals surface area contributed by atoms with Crippen LogP contribution in [0.1, 0.15) is 34.8 Å². The second-order valence-electron chi connectivity index (χ2n) is 3.09. The highest BCUT2D eigenvalue weighted by Crippen LogP contribution is 2.32. The molecule has 1 unspecified atom stereocenters. The van der Waals surface area contributed by atoms with E-state index in [0.29, 0.717) is 5.75 Å². The van der Waals surface area contributed by atoms with Crippen molar-refractivity contribution in [3.8, 4) is 17.6 Å². The van der Waals surface area contributed by atoms with Gasteiger partial charge in [0.2, 0.25) is 0 Å². The summed E-state index contributed by atoms with van der Waals surface area (Å²) in [5.41, 5.74) is 0.0624. The number of ether oxygens (including phenoxy) is 2. The normalized spacial score (nSPS) is 20.7. The standard InChI is InChI=1S/C13H17NO2/c1-9(2)11(8-14)10-5-6-12(15-3)13(7-10)16-4/h5-7,9,11H,1-4H3/i1D3,2D3,9D. The van der Waals surface area contributed by atoms with Gasteiger partial charge in [0.15, 0.2) is 11.5 Å². The predicted molar refractivity (Wildman–Crippen MR) is 62.7 cm³/mol. The summed E-state index contributed by atoms with van der Waals surface area (Å²) in [5.74, 6) is -4.13. The Labute approximate surface area is 106 Å². The van der Waals surface area contributed by atoms with Gasteiger partial charge in [0.25, 0.3) is 0 Å². The maximum Gasteiger partial charge on any atom is 0.161 e. The van der Waals surface area contributed by atoms with Gasteiger partial charge in [-0.1, -0.05) is 19.8 Å². The molecule has 3 nitrogen and oxygen atoms in total. The van der Waals surface area contributed by atoms with Gasteiger partial charge in [-0.2, -0.15) is 5.26 Å². The molecule has 0 heterocycles. The lowest BCUT2D eigenvalue weighted by atomic mass is 9.90. The van der Waals surface area contributed by atoms with Crippen molar-refractivity contribution in [2.75, 3.05) is 14.2 Å². The molecule has 0 spiro atoms. The van der Waals surface area contributed by atoms with Crippen molar-refractivity contribution in [2.45, 2.75) is 19.6 Å². The Bertz CT molecular complexity index is 590. The van der Waals surface area contributed by atoms with Crippen LogP contribution in [0.25, 0.3) is 0 Å². The highest BCUT2D eigenvalue weighted by Gasteiger charge is 2.16. The van der Waals surface area contributed by atoms with Crippen LogP contribution in [0.5, 0.6) is 11.5 Å². The number of rotatable bonds is 4. The lowest BCUT2D eigenvalue weighted by Crippen LogP contribution is -2.04. The highest BCUT2D eigenvalue weighted by molar-refractivity contribution is 5.45. The van der Waals surface area contributed by atoms with Gasteiger partial charge in [0.1, 0.15) is 0 Å². The second kappa shape index (κ2) is 5.41. The van der Waals surface area contributed by atoms with E-state index in [2.05, 4.69) is 0 Å². The summed E-state index contributed by atoms with van der Waals surface area (Å²) in [4.78, 5) is 0. The predicted octanol–water partition coefficient (Wildman–Crippen LogP) is 2.97. The minimum Gasteiger partial charge on any atom is -0.493 e. The lowest BCUT2D eigenvalue weighted by molar-refractivity contribution is 0.354. The first kappa shape index (κ1) is 5.58. The summed E-state index contributed by atoms with van der Waals surface area (Å²) in [6.45, 7) is -6.38. The Hall–Kier alpha value is -1.69. The van der Waals surface area contributed by atoms with Crippen LogP contribution in [0.4, 0.5) is 0 Å². The summed E-state index contributed by atoms with van der Waals surface area (Å²) < 4.78 is 63.1. The first-order valence-electron chi connectivity index (χ1n) is 8.05. The fraction of sp³-hybridized carbons (Fsp3) is 0.462. The van der Waals surface area contributed by atoms with E-state index in [1.54, 1.807) is 6.07 Å². The van der Waals surface area contributed by atoms with Gasteiger partial charge in [-0.25, -0.2) is 0 Å². The van der Waals surface area contributed by atoms with Crippen molar-refractivity contribution in [1.29, 1.82) is 5.26 Å². The SMILES string of the molecule is [2H]C([2H])([2H])C([2H])(C(C#N)c1ccc(OC)c(OC)c1)C([2H])([2H])[2H]. The van der Waals surface area contributed by atoms with E-state index >= 15 is 0 Å². The third-order valence-electron chi connectivity index (χ3n) is 2.16. The summed E-state index contributed by atoms with van der Waals surface area (Å²) >= 11 is 0. The van der Waals surface area contributed by atoms with Crippen LogP contribution >= 0.6 is 0 Å². The Kier molecular flexibility index (Phi) is 1.89. The molecule has 1 aromatic rings. The molecule has 0 amide bonds. The molecule has 1 aromatic carbocycles. The van der Waals surface area contributed by atoms with Gasteiger partial charge in [0, 0.05) is 9.60 Å². The number of methoxy groups -OCH3 is 2. The highest BCUT2D eigenvalue weighted by atomic mass is 16.5. The van der Waals surface area contributed by atoms with Crippen molar-refractivity contribution in [3.05, 3.63) is 23.8 Å². The Morgan fingerprint density at radius 1 is 1.31 bits per heavy atom. The quantitative estimate of drug-likeness (QED) is 0.792. The molecule has 0 aliphatic heterocycles. The van der Waals surface area contributed by atoms with Gasteiger partial charge in [0.05, 0.1) is 26.2 Å². The second-order valence-corrected chi connectivity index (χ2v) is 3.09. The lowest BCUT2D eigenvalue weighted by Gasteiger charge is -2.15. The topological polar surface area (TPSA) is 42.2 Å². The number of benzene rings is 1. The van der Waals surface area contributed by atoms with Gasteiger partial charge < -0.3 is 9.47 Å². The van der Waals surface area contributed by atoms with Gasteiger partial charge in [-0.3, -0.25) is 0 Å². The molecule has 0 radical (unpaired) electrons. The van der Waals surface area contributed by atoms with Crippen molar-refractivity contribution in [3.63, 3.8) is 0 Å². The summed E-state index contributed by atoms with van der Waals surface area (Å²) in [5, 5.41) is 9.39. The zero-order chi connectivity index (χ0) is 18.1. The molecule has 0 saturated carbocycles. The van der Waals surface area contributed by atoms with Crippen LogP contribution in [0.2, 0.25) is 0 Å². The van der Waals surface area contributed by atoms with E-state index in [0.717, 1.165) is 0 Å². The Morgan fingerprint density at radius 2 is 2.00 bits per heavy atom. The molecule has 0 saturated heterocycles. The molecule has 1 atom stereocenters. The van der Waals surface area contributed by atoms with E-state index in [1.807, 2.05) is 0 Å². The van der Waals surface area contributed by atoms with Gasteiger partial charge in [-0.15, -0.1) is 0 Å². The van der Waals surface area contributed by atoms with E-state index in [-0.39, 0.29) is 11.3 Å². The Morgan fingerprint density at radius 3 is 2.50 bits per heavy atom. The third-order valence-corrected chi connectivity index (χ3v) is 2.16. The number of nitriles is 1. The molecule has 16 heavy (non-hydrogen) atoms. The zero-order valence-electron chi connectivity index (χ0n) is 16.1. The Balaban J connectivity index is 3.56. The molecule has 0 aliphatic carbocycles. The van der Waals surface area contributed by atoms with E-state index < -0.39 is 25.5 Å². The van der Waals surface area contributed by atoms with Crippen LogP contribution in [0, 0.1) is 17.2 Å². The van der Waals surface area contributed by atoms with Crippen molar-refractivity contribution in [1.82, 2.24) is 0 Å². The van der Waals surface area contributed by atoms with Crippen molar-refractivity contribution in [2.24, 2.45) is 5.89 Å². The summed E-state index contributed by atoms with van der Waals surface area (Å²) in [6.07, 6.45) is 0. The monoisotopic (exact) mass is 226 g/mol. The molecule has 0 aromatic heterocycles. The number of hydrogen-bond acceptors (Lipinski definition) is 3. The maximum absolute atomic E-state index is 9.39. The molecule has 0 fully saturated rings. The third kappa shape index (κ3) is 2.46. The molecular weight excluding hydrogens is 202 g/mol. The van der Waals surface area contributed by atoms with Crippen LogP contribution in [0.3, 0.4) is 0 Å². The van der Waals surface area contributed by atoms with Crippen LogP contribution in [0.15, 0.2) is 18.2 Å². The van der Waals surface area contributed by atoms with Crippen LogP contribution in [-0.2, 0) is 0 Å². The minimum atomic E-state index is -3.19. The minimum absolute atomic E-state index is 0.0624. The first-order chi connectivity index (χ1) is 10.4. The fourth-order valence-electron chi connectivity index (χ4n) is 1.34. The van der Waals surface area contributed by atoms with Gasteiger partial charge >= 0.3 is 0 Å². The molecule has 0 bridgehead atoms. The number of nitrogens with zero attached hydrogens (tertiary/aromatic N) is 1. The summed E-state index contributed by atoms with van der Waals surface area (Å²) in [6, 6.07) is 5.76. The molecule has 0 aliphatic rings. The first-order valence-corrected chi connectivity index (χ1v) is 4.55. The van der Waals surface area contributed by atoms with E-state index in [4.69, 9.17) is 19.1 Å². The molecule has 1 rings (SSSR count). The summed E-state index contributed by atoms with van der Waals surface area (Å²) in [7, 11) is 2.75. The average molecular weight is 226 g/mol. The molecule has 86 valence electrons. The molecular formula is C13H17NO2. The largest absolute Gasteiger partial charge is 0.493 e.